The highest BCUT2D eigenvalue weighted by molar-refractivity contribution is 14.0. The topological polar surface area (TPSA) is 80.9 Å². The average Bonchev–Trinajstić information content (AvgIpc) is 3.25. The van der Waals surface area contributed by atoms with E-state index in [0.29, 0.717) is 36.5 Å². The fraction of sp³-hybridized carbons (Fsp3) is 0.304. The maximum absolute atomic E-state index is 5.91. The highest BCUT2D eigenvalue weighted by Crippen LogP contribution is 2.30. The first-order chi connectivity index (χ1) is 14.6. The molecule has 8 heteroatoms. The molecular weight excluding hydrogens is 507 g/mol. The molecule has 2 N–H and O–H groups in total. The Morgan fingerprint density at radius 3 is 2.32 bits per heavy atom. The number of benzene rings is 2. The van der Waals surface area contributed by atoms with E-state index in [1.54, 1.807) is 14.2 Å². The molecule has 0 saturated carbocycles. The Kier molecular flexibility index (Phi) is 9.64. The molecule has 1 aromatic heterocycles. The molecule has 0 aliphatic carbocycles. The number of aliphatic imine (C=N–C) groups is 1. The van der Waals surface area contributed by atoms with E-state index in [4.69, 9.17) is 14.0 Å². The molecule has 31 heavy (non-hydrogen) atoms. The number of aromatic nitrogens is 1. The van der Waals surface area contributed by atoms with Gasteiger partial charge in [-0.15, -0.1) is 24.0 Å². The van der Waals surface area contributed by atoms with Gasteiger partial charge in [0.15, 0.2) is 23.2 Å². The summed E-state index contributed by atoms with van der Waals surface area (Å²) in [7, 11) is 3.36. The number of hydrogen-bond acceptors (Lipinski definition) is 5. The minimum Gasteiger partial charge on any atom is -0.493 e. The lowest BCUT2D eigenvalue weighted by atomic mass is 10.1. The van der Waals surface area contributed by atoms with Gasteiger partial charge in [-0.2, -0.15) is 0 Å². The van der Waals surface area contributed by atoms with Crippen molar-refractivity contribution in [2.24, 2.45) is 4.99 Å². The molecule has 0 aliphatic heterocycles. The molecule has 0 radical (unpaired) electrons. The van der Waals surface area contributed by atoms with E-state index in [0.717, 1.165) is 22.8 Å². The summed E-state index contributed by atoms with van der Waals surface area (Å²) in [6, 6.07) is 17.4. The largest absolute Gasteiger partial charge is 0.493 e. The first kappa shape index (κ1) is 24.5. The highest BCUT2D eigenvalue weighted by Gasteiger charge is 2.08. The van der Waals surface area contributed by atoms with Gasteiger partial charge >= 0.3 is 0 Å². The predicted octanol–water partition coefficient (Wildman–Crippen LogP) is 5.08. The van der Waals surface area contributed by atoms with Gasteiger partial charge in [0.1, 0.15) is 5.75 Å². The van der Waals surface area contributed by atoms with Crippen LogP contribution in [0.4, 0.5) is 0 Å². The number of nitrogens with zero attached hydrogens (tertiary/aromatic N) is 2. The zero-order chi connectivity index (χ0) is 21.3. The molecule has 3 rings (SSSR count). The smallest absolute Gasteiger partial charge is 0.191 e. The van der Waals surface area contributed by atoms with Crippen molar-refractivity contribution in [1.29, 1.82) is 0 Å². The van der Waals surface area contributed by atoms with E-state index >= 15 is 0 Å². The van der Waals surface area contributed by atoms with Crippen LogP contribution in [-0.2, 0) is 13.1 Å². The van der Waals surface area contributed by atoms with Crippen LogP contribution in [0.2, 0.25) is 0 Å². The molecule has 1 heterocycles. The molecule has 0 aliphatic rings. The summed E-state index contributed by atoms with van der Waals surface area (Å²) in [4.78, 5) is 4.25. The van der Waals surface area contributed by atoms with E-state index in [9.17, 15) is 0 Å². The van der Waals surface area contributed by atoms with Crippen molar-refractivity contribution in [2.75, 3.05) is 14.2 Å². The molecule has 0 atom stereocenters. The predicted molar refractivity (Wildman–Crippen MR) is 133 cm³/mol. The molecule has 0 bridgehead atoms. The van der Waals surface area contributed by atoms with Crippen molar-refractivity contribution in [2.45, 2.75) is 32.9 Å². The molecule has 0 saturated heterocycles. The molecule has 0 spiro atoms. The normalized spacial score (nSPS) is 11.1. The lowest BCUT2D eigenvalue weighted by molar-refractivity contribution is 0.372. The minimum absolute atomic E-state index is 0. The van der Waals surface area contributed by atoms with Gasteiger partial charge in [0.2, 0.25) is 0 Å². The number of rotatable bonds is 8. The van der Waals surface area contributed by atoms with Crippen molar-refractivity contribution < 1.29 is 14.0 Å². The zero-order valence-electron chi connectivity index (χ0n) is 18.2. The SMILES string of the molecule is CN=C(NCc1ccc(Oc2ccccc2OC)cc1)NCc1cc(C(C)C)no1.I. The van der Waals surface area contributed by atoms with Crippen LogP contribution in [0.15, 0.2) is 64.1 Å². The van der Waals surface area contributed by atoms with Crippen LogP contribution < -0.4 is 20.1 Å². The van der Waals surface area contributed by atoms with Crippen molar-refractivity contribution in [3.8, 4) is 17.2 Å². The van der Waals surface area contributed by atoms with Crippen LogP contribution in [0, 0.1) is 0 Å². The van der Waals surface area contributed by atoms with Gasteiger partial charge in [-0.1, -0.05) is 43.3 Å². The molecular formula is C23H29IN4O3. The Morgan fingerprint density at radius 2 is 1.71 bits per heavy atom. The second-order valence-corrected chi connectivity index (χ2v) is 7.05. The number of guanidine groups is 1. The van der Waals surface area contributed by atoms with Crippen LogP contribution in [-0.4, -0.2) is 25.3 Å². The maximum atomic E-state index is 5.91. The Hall–Kier alpha value is -2.75. The van der Waals surface area contributed by atoms with Crippen molar-refractivity contribution in [3.05, 3.63) is 71.6 Å². The number of para-hydroxylation sites is 2. The van der Waals surface area contributed by atoms with E-state index in [1.807, 2.05) is 54.6 Å². The molecule has 3 aromatic rings. The van der Waals surface area contributed by atoms with Gasteiger partial charge in [-0.25, -0.2) is 0 Å². The summed E-state index contributed by atoms with van der Waals surface area (Å²) in [5, 5.41) is 10.6. The van der Waals surface area contributed by atoms with Gasteiger partial charge in [0.05, 0.1) is 19.3 Å². The quantitative estimate of drug-likeness (QED) is 0.238. The fourth-order valence-corrected chi connectivity index (χ4v) is 2.77. The van der Waals surface area contributed by atoms with Gasteiger partial charge < -0.3 is 24.6 Å². The lowest BCUT2D eigenvalue weighted by Gasteiger charge is -2.12. The van der Waals surface area contributed by atoms with Gasteiger partial charge in [-0.3, -0.25) is 4.99 Å². The summed E-state index contributed by atoms with van der Waals surface area (Å²) in [6.07, 6.45) is 0. The van der Waals surface area contributed by atoms with E-state index < -0.39 is 0 Å². The third kappa shape index (κ3) is 7.16. The number of nitrogens with one attached hydrogen (secondary N) is 2. The van der Waals surface area contributed by atoms with E-state index in [1.165, 1.54) is 0 Å². The van der Waals surface area contributed by atoms with Crippen LogP contribution in [0.25, 0.3) is 0 Å². The third-order valence-electron chi connectivity index (χ3n) is 4.50. The van der Waals surface area contributed by atoms with Crippen LogP contribution in [0.3, 0.4) is 0 Å². The number of methoxy groups -OCH3 is 1. The van der Waals surface area contributed by atoms with Crippen LogP contribution in [0.5, 0.6) is 17.2 Å². The summed E-state index contributed by atoms with van der Waals surface area (Å²) >= 11 is 0. The first-order valence-corrected chi connectivity index (χ1v) is 9.89. The number of halogens is 1. The van der Waals surface area contributed by atoms with Gasteiger partial charge in [0.25, 0.3) is 0 Å². The summed E-state index contributed by atoms with van der Waals surface area (Å²) < 4.78 is 16.6. The monoisotopic (exact) mass is 536 g/mol. The van der Waals surface area contributed by atoms with Crippen molar-refractivity contribution >= 4 is 29.9 Å². The van der Waals surface area contributed by atoms with E-state index in [2.05, 4.69) is 34.6 Å². The molecule has 0 amide bonds. The minimum atomic E-state index is 0. The lowest BCUT2D eigenvalue weighted by Crippen LogP contribution is -2.36. The molecule has 2 aromatic carbocycles. The maximum Gasteiger partial charge on any atom is 0.191 e. The summed E-state index contributed by atoms with van der Waals surface area (Å²) in [5.74, 6) is 3.94. The third-order valence-corrected chi connectivity index (χ3v) is 4.50. The second kappa shape index (κ2) is 12.2. The van der Waals surface area contributed by atoms with Crippen molar-refractivity contribution in [3.63, 3.8) is 0 Å². The standard InChI is InChI=1S/C23H28N4O3.HI/c1-16(2)20-13-19(30-27-20)15-26-23(24-3)25-14-17-9-11-18(12-10-17)29-22-8-6-5-7-21(22)28-4;/h5-13,16H,14-15H2,1-4H3,(H2,24,25,26);1H. The Labute approximate surface area is 200 Å². The summed E-state index contributed by atoms with van der Waals surface area (Å²) in [5.41, 5.74) is 2.05. The van der Waals surface area contributed by atoms with E-state index in [-0.39, 0.29) is 24.0 Å². The molecule has 0 unspecified atom stereocenters. The second-order valence-electron chi connectivity index (χ2n) is 7.05. The first-order valence-electron chi connectivity index (χ1n) is 9.89. The highest BCUT2D eigenvalue weighted by atomic mass is 127. The Bertz CT molecular complexity index is 971. The Balaban J connectivity index is 0.00000341. The van der Waals surface area contributed by atoms with Gasteiger partial charge in [0, 0.05) is 19.7 Å². The van der Waals surface area contributed by atoms with Crippen LogP contribution >= 0.6 is 24.0 Å². The zero-order valence-corrected chi connectivity index (χ0v) is 20.5. The molecule has 166 valence electrons. The Morgan fingerprint density at radius 1 is 1.03 bits per heavy atom. The van der Waals surface area contributed by atoms with Gasteiger partial charge in [-0.05, 0) is 35.7 Å². The molecule has 7 nitrogen and oxygen atoms in total. The number of ether oxygens (including phenoxy) is 2. The average molecular weight is 536 g/mol. The number of hydrogen-bond donors (Lipinski definition) is 2. The van der Waals surface area contributed by atoms with Crippen LogP contribution in [0.1, 0.15) is 36.8 Å². The fourth-order valence-electron chi connectivity index (χ4n) is 2.77. The molecule has 0 fully saturated rings. The summed E-state index contributed by atoms with van der Waals surface area (Å²) in [6.45, 7) is 5.32. The van der Waals surface area contributed by atoms with Crippen molar-refractivity contribution in [1.82, 2.24) is 15.8 Å².